The van der Waals surface area contributed by atoms with E-state index >= 15 is 0 Å². The Labute approximate surface area is 149 Å². The van der Waals surface area contributed by atoms with Crippen molar-refractivity contribution in [2.45, 2.75) is 19.6 Å². The quantitative estimate of drug-likeness (QED) is 0.578. The largest absolute Gasteiger partial charge is 0.468 e. The molecule has 3 heterocycles. The summed E-state index contributed by atoms with van der Waals surface area (Å²) in [4.78, 5) is 21.9. The number of benzene rings is 1. The maximum Gasteiger partial charge on any atom is 0.262 e. The zero-order chi connectivity index (χ0) is 17.9. The Hall–Kier alpha value is -3.19. The van der Waals surface area contributed by atoms with Gasteiger partial charge in [-0.2, -0.15) is 5.10 Å². The predicted molar refractivity (Wildman–Crippen MR) is 97.2 cm³/mol. The van der Waals surface area contributed by atoms with E-state index in [1.807, 2.05) is 30.3 Å². The highest BCUT2D eigenvalue weighted by Gasteiger charge is 2.14. The minimum absolute atomic E-state index is 0.171. The van der Waals surface area contributed by atoms with Gasteiger partial charge in [-0.05, 0) is 17.7 Å². The van der Waals surface area contributed by atoms with Crippen molar-refractivity contribution in [2.75, 3.05) is 0 Å². The van der Waals surface area contributed by atoms with E-state index in [-0.39, 0.29) is 5.56 Å². The second-order valence-corrected chi connectivity index (χ2v) is 6.23. The lowest BCUT2D eigenvalue weighted by Gasteiger charge is -2.20. The highest BCUT2D eigenvalue weighted by atomic mass is 16.3. The SMILES string of the molecule is Cn1ncc2c(=O)[nH]c(CN(Cc3ccccc3)Cc3ccco3)nc21. The van der Waals surface area contributed by atoms with Gasteiger partial charge in [-0.15, -0.1) is 0 Å². The monoisotopic (exact) mass is 349 g/mol. The fourth-order valence-corrected chi connectivity index (χ4v) is 3.00. The predicted octanol–water partition coefficient (Wildman–Crippen LogP) is 2.45. The van der Waals surface area contributed by atoms with Gasteiger partial charge in [0.1, 0.15) is 17.0 Å². The maximum absolute atomic E-state index is 12.3. The standard InChI is InChI=1S/C19H19N5O2/c1-23-18-16(10-20-23)19(25)22-17(21-18)13-24(12-15-8-5-9-26-15)11-14-6-3-2-4-7-14/h2-10H,11-13H2,1H3,(H,21,22,25). The lowest BCUT2D eigenvalue weighted by molar-refractivity contribution is 0.221. The van der Waals surface area contributed by atoms with Crippen LogP contribution in [0.1, 0.15) is 17.1 Å². The topological polar surface area (TPSA) is 80.0 Å². The number of H-pyrrole nitrogens is 1. The number of aryl methyl sites for hydroxylation is 1. The van der Waals surface area contributed by atoms with Crippen molar-refractivity contribution in [1.82, 2.24) is 24.6 Å². The van der Waals surface area contributed by atoms with E-state index in [9.17, 15) is 4.79 Å². The Morgan fingerprint density at radius 1 is 1.12 bits per heavy atom. The third-order valence-corrected chi connectivity index (χ3v) is 4.23. The van der Waals surface area contributed by atoms with E-state index in [1.165, 1.54) is 11.8 Å². The van der Waals surface area contributed by atoms with E-state index in [0.29, 0.717) is 36.5 Å². The molecule has 0 saturated heterocycles. The molecule has 0 saturated carbocycles. The van der Waals surface area contributed by atoms with Crippen LogP contribution in [-0.4, -0.2) is 24.6 Å². The highest BCUT2D eigenvalue weighted by Crippen LogP contribution is 2.13. The van der Waals surface area contributed by atoms with Crippen molar-refractivity contribution < 1.29 is 4.42 Å². The molecule has 0 bridgehead atoms. The van der Waals surface area contributed by atoms with Crippen LogP contribution in [0, 0.1) is 0 Å². The molecule has 7 heteroatoms. The van der Waals surface area contributed by atoms with Crippen LogP contribution in [0.4, 0.5) is 0 Å². The van der Waals surface area contributed by atoms with Crippen molar-refractivity contribution in [2.24, 2.45) is 7.05 Å². The number of nitrogens with one attached hydrogen (secondary N) is 1. The van der Waals surface area contributed by atoms with Crippen molar-refractivity contribution >= 4 is 11.0 Å². The molecular formula is C19H19N5O2. The van der Waals surface area contributed by atoms with Gasteiger partial charge in [-0.1, -0.05) is 30.3 Å². The van der Waals surface area contributed by atoms with Crippen molar-refractivity contribution in [1.29, 1.82) is 0 Å². The van der Waals surface area contributed by atoms with Crippen LogP contribution in [0.15, 0.2) is 64.1 Å². The molecule has 0 fully saturated rings. The number of rotatable bonds is 6. The first-order chi connectivity index (χ1) is 12.7. The Morgan fingerprint density at radius 3 is 2.73 bits per heavy atom. The van der Waals surface area contributed by atoms with Gasteiger partial charge in [0.05, 0.1) is 25.5 Å². The lowest BCUT2D eigenvalue weighted by Crippen LogP contribution is -2.25. The van der Waals surface area contributed by atoms with E-state index in [1.54, 1.807) is 18.0 Å². The second kappa shape index (κ2) is 6.97. The van der Waals surface area contributed by atoms with E-state index in [2.05, 4.69) is 32.1 Å². The summed E-state index contributed by atoms with van der Waals surface area (Å²) in [6, 6.07) is 14.0. The van der Waals surface area contributed by atoms with Crippen LogP contribution in [0.3, 0.4) is 0 Å². The lowest BCUT2D eigenvalue weighted by atomic mass is 10.2. The second-order valence-electron chi connectivity index (χ2n) is 6.23. The highest BCUT2D eigenvalue weighted by molar-refractivity contribution is 5.72. The van der Waals surface area contributed by atoms with E-state index in [0.717, 1.165) is 5.76 Å². The molecular weight excluding hydrogens is 330 g/mol. The van der Waals surface area contributed by atoms with Gasteiger partial charge >= 0.3 is 0 Å². The van der Waals surface area contributed by atoms with E-state index < -0.39 is 0 Å². The molecule has 0 aliphatic carbocycles. The molecule has 132 valence electrons. The Kier molecular flexibility index (Phi) is 4.37. The zero-order valence-electron chi connectivity index (χ0n) is 14.4. The van der Waals surface area contributed by atoms with Crippen LogP contribution in [-0.2, 0) is 26.7 Å². The molecule has 26 heavy (non-hydrogen) atoms. The fraction of sp³-hybridized carbons (Fsp3) is 0.211. The molecule has 1 aromatic carbocycles. The number of hydrogen-bond donors (Lipinski definition) is 1. The normalized spacial score (nSPS) is 11.5. The average Bonchev–Trinajstić information content (AvgIpc) is 3.26. The molecule has 0 aliphatic heterocycles. The van der Waals surface area contributed by atoms with Crippen LogP contribution in [0.2, 0.25) is 0 Å². The summed E-state index contributed by atoms with van der Waals surface area (Å²) in [6.07, 6.45) is 3.20. The molecule has 4 rings (SSSR count). The zero-order valence-corrected chi connectivity index (χ0v) is 14.4. The van der Waals surface area contributed by atoms with Crippen LogP contribution >= 0.6 is 0 Å². The molecule has 4 aromatic rings. The van der Waals surface area contributed by atoms with Gasteiger partial charge < -0.3 is 9.40 Å². The Morgan fingerprint density at radius 2 is 1.96 bits per heavy atom. The Balaban J connectivity index is 1.63. The minimum atomic E-state index is -0.171. The number of hydrogen-bond acceptors (Lipinski definition) is 5. The van der Waals surface area contributed by atoms with Gasteiger partial charge in [-0.25, -0.2) is 4.98 Å². The molecule has 7 nitrogen and oxygen atoms in total. The number of fused-ring (bicyclic) bond motifs is 1. The van der Waals surface area contributed by atoms with Crippen LogP contribution in [0.5, 0.6) is 0 Å². The summed E-state index contributed by atoms with van der Waals surface area (Å²) in [5, 5.41) is 4.61. The summed E-state index contributed by atoms with van der Waals surface area (Å²) in [7, 11) is 1.78. The first-order valence-electron chi connectivity index (χ1n) is 8.38. The molecule has 0 spiro atoms. The van der Waals surface area contributed by atoms with Gasteiger partial charge in [0.25, 0.3) is 5.56 Å². The summed E-state index contributed by atoms with van der Waals surface area (Å²) in [6.45, 7) is 1.83. The fourth-order valence-electron chi connectivity index (χ4n) is 3.00. The smallest absolute Gasteiger partial charge is 0.262 e. The number of aromatic amines is 1. The van der Waals surface area contributed by atoms with E-state index in [4.69, 9.17) is 4.42 Å². The van der Waals surface area contributed by atoms with Gasteiger partial charge in [0.15, 0.2) is 5.65 Å². The number of nitrogens with zero attached hydrogens (tertiary/aromatic N) is 4. The molecule has 0 unspecified atom stereocenters. The third-order valence-electron chi connectivity index (χ3n) is 4.23. The summed E-state index contributed by atoms with van der Waals surface area (Å²) < 4.78 is 7.11. The maximum atomic E-state index is 12.3. The molecule has 1 N–H and O–H groups in total. The van der Waals surface area contributed by atoms with Crippen LogP contribution < -0.4 is 5.56 Å². The molecule has 0 amide bonds. The molecule has 0 aliphatic rings. The first-order valence-corrected chi connectivity index (χ1v) is 8.38. The molecule has 0 atom stereocenters. The Bertz CT molecular complexity index is 1050. The summed E-state index contributed by atoms with van der Waals surface area (Å²) in [5.74, 6) is 1.47. The number of aromatic nitrogens is 4. The number of furan rings is 1. The van der Waals surface area contributed by atoms with Crippen molar-refractivity contribution in [3.05, 3.63) is 82.4 Å². The minimum Gasteiger partial charge on any atom is -0.468 e. The van der Waals surface area contributed by atoms with Gasteiger partial charge in [0, 0.05) is 13.6 Å². The summed E-state index contributed by atoms with van der Waals surface area (Å²) >= 11 is 0. The van der Waals surface area contributed by atoms with Crippen molar-refractivity contribution in [3.8, 4) is 0 Å². The van der Waals surface area contributed by atoms with Gasteiger partial charge in [0.2, 0.25) is 0 Å². The molecule has 3 aromatic heterocycles. The first kappa shape index (κ1) is 16.3. The van der Waals surface area contributed by atoms with Gasteiger partial charge in [-0.3, -0.25) is 14.4 Å². The van der Waals surface area contributed by atoms with Crippen LogP contribution in [0.25, 0.3) is 11.0 Å². The van der Waals surface area contributed by atoms with Crippen molar-refractivity contribution in [3.63, 3.8) is 0 Å². The summed E-state index contributed by atoms with van der Waals surface area (Å²) in [5.41, 5.74) is 1.60. The molecule has 0 radical (unpaired) electrons. The third kappa shape index (κ3) is 3.43. The average molecular weight is 349 g/mol.